The minimum atomic E-state index is -4.59. The molecule has 2 N–H and O–H groups in total. The van der Waals surface area contributed by atoms with Gasteiger partial charge in [0.2, 0.25) is 5.91 Å². The molecule has 0 aliphatic rings. The predicted molar refractivity (Wildman–Crippen MR) is 260 cm³/mol. The van der Waals surface area contributed by atoms with E-state index in [-0.39, 0.29) is 12.5 Å². The van der Waals surface area contributed by atoms with E-state index in [9.17, 15) is 19.4 Å². The zero-order chi connectivity index (χ0) is 45.0. The Balaban J connectivity index is 4.24. The number of rotatable bonds is 42. The van der Waals surface area contributed by atoms with Crippen molar-refractivity contribution in [2.24, 2.45) is 0 Å². The second-order valence-corrected chi connectivity index (χ2v) is 18.5. The van der Waals surface area contributed by atoms with Gasteiger partial charge in [0.1, 0.15) is 13.2 Å². The van der Waals surface area contributed by atoms with Gasteiger partial charge >= 0.3 is 0 Å². The molecular weight excluding hydrogens is 780 g/mol. The van der Waals surface area contributed by atoms with E-state index in [4.69, 9.17) is 9.05 Å². The maximum absolute atomic E-state index is 12.9. The first-order chi connectivity index (χ1) is 29.5. The van der Waals surface area contributed by atoms with E-state index in [1.807, 2.05) is 27.2 Å². The third kappa shape index (κ3) is 45.3. The smallest absolute Gasteiger partial charge is 0.268 e. The Morgan fingerprint density at radius 2 is 1.00 bits per heavy atom. The van der Waals surface area contributed by atoms with Gasteiger partial charge < -0.3 is 28.8 Å². The number of nitrogens with zero attached hydrogens (tertiary/aromatic N) is 1. The average Bonchev–Trinajstić information content (AvgIpc) is 3.21. The number of amides is 1. The van der Waals surface area contributed by atoms with E-state index in [1.165, 1.54) is 57.8 Å². The molecule has 1 amide bonds. The van der Waals surface area contributed by atoms with Crippen molar-refractivity contribution >= 4 is 13.7 Å². The fraction of sp³-hybridized carbons (Fsp3) is 0.673. The molecular formula is C52H91N2O6P. The normalized spacial score (nSPS) is 15.1. The highest BCUT2D eigenvalue weighted by Crippen LogP contribution is 2.38. The van der Waals surface area contributed by atoms with Gasteiger partial charge in [-0.2, -0.15) is 0 Å². The number of aliphatic hydroxyl groups is 1. The quantitative estimate of drug-likeness (QED) is 0.0274. The van der Waals surface area contributed by atoms with Gasteiger partial charge in [-0.15, -0.1) is 0 Å². The predicted octanol–water partition coefficient (Wildman–Crippen LogP) is 13.3. The molecule has 9 heteroatoms. The number of phosphoric acid groups is 1. The van der Waals surface area contributed by atoms with Gasteiger partial charge in [0.25, 0.3) is 7.82 Å². The molecule has 3 unspecified atom stereocenters. The van der Waals surface area contributed by atoms with Crippen molar-refractivity contribution in [1.82, 2.24) is 5.32 Å². The summed E-state index contributed by atoms with van der Waals surface area (Å²) in [6, 6.07) is -0.897. The molecule has 8 nitrogen and oxygen atoms in total. The lowest BCUT2D eigenvalue weighted by molar-refractivity contribution is -0.870. The lowest BCUT2D eigenvalue weighted by Crippen LogP contribution is -2.45. The van der Waals surface area contributed by atoms with Crippen LogP contribution in [0.2, 0.25) is 0 Å². The summed E-state index contributed by atoms with van der Waals surface area (Å²) in [4.78, 5) is 25.3. The average molecular weight is 871 g/mol. The van der Waals surface area contributed by atoms with Crippen LogP contribution in [0.3, 0.4) is 0 Å². The highest BCUT2D eigenvalue weighted by molar-refractivity contribution is 7.45. The van der Waals surface area contributed by atoms with Crippen LogP contribution in [0.25, 0.3) is 0 Å². The summed E-state index contributed by atoms with van der Waals surface area (Å²) in [5.74, 6) is -0.216. The first-order valence-corrected chi connectivity index (χ1v) is 25.6. The van der Waals surface area contributed by atoms with Crippen molar-refractivity contribution in [1.29, 1.82) is 0 Å². The first kappa shape index (κ1) is 58.4. The van der Waals surface area contributed by atoms with Crippen LogP contribution < -0.4 is 10.2 Å². The number of hydrogen-bond donors (Lipinski definition) is 2. The van der Waals surface area contributed by atoms with E-state index in [1.54, 1.807) is 6.08 Å². The molecule has 0 aromatic carbocycles. The number of aliphatic hydroxyl groups excluding tert-OH is 1. The standard InChI is InChI=1S/C52H91N2O6P/c1-6-8-10-12-14-16-18-19-20-21-22-23-24-25-26-27-28-29-30-31-32-33-34-35-36-38-40-42-44-46-52(56)53-50(49-60-61(57,58)59-48-47-54(3,4)5)51(55)45-43-41-39-37-17-15-13-11-9-7-2/h8,10,14,16,19-20,22-23,25-26,28-29,31-32,43,45,50-51,55H,6-7,9,11-13,15,17-18,21,24,27,30,33-42,44,46-49H2,1-5H3,(H-,53,56,57,58)/b10-8-,16-14-,20-19-,23-22-,26-25-,29-28-,32-31-,45-43+. The monoisotopic (exact) mass is 871 g/mol. The number of phosphoric ester groups is 1. The number of quaternary nitrogens is 1. The van der Waals surface area contributed by atoms with E-state index >= 15 is 0 Å². The molecule has 0 aliphatic carbocycles. The maximum atomic E-state index is 12.9. The SMILES string of the molecule is CC/C=C\C/C=C\C/C=C\C/C=C\C/C=C\C/C=C\C/C=C\CCCCCCCCCC(=O)NC(COP(=O)([O-])OCC[N+](C)(C)C)C(O)/C=C/CCCCCCCCCC. The van der Waals surface area contributed by atoms with Gasteiger partial charge in [-0.25, -0.2) is 0 Å². The summed E-state index contributed by atoms with van der Waals surface area (Å²) >= 11 is 0. The lowest BCUT2D eigenvalue weighted by Gasteiger charge is -2.29. The molecule has 0 rings (SSSR count). The Hall–Kier alpha value is -2.58. The molecule has 0 aromatic rings. The van der Waals surface area contributed by atoms with Crippen molar-refractivity contribution in [3.63, 3.8) is 0 Å². The summed E-state index contributed by atoms with van der Waals surface area (Å²) in [6.07, 6.45) is 60.4. The molecule has 0 saturated heterocycles. The highest BCUT2D eigenvalue weighted by atomic mass is 31.2. The van der Waals surface area contributed by atoms with Gasteiger partial charge in [-0.3, -0.25) is 9.36 Å². The molecule has 0 saturated carbocycles. The second kappa shape index (κ2) is 42.7. The van der Waals surface area contributed by atoms with Crippen molar-refractivity contribution in [3.05, 3.63) is 97.2 Å². The van der Waals surface area contributed by atoms with Gasteiger partial charge in [-0.05, 0) is 77.0 Å². The van der Waals surface area contributed by atoms with Crippen molar-refractivity contribution in [2.75, 3.05) is 40.9 Å². The number of carbonyl (C=O) groups is 1. The third-order valence-electron chi connectivity index (χ3n) is 10.0. The van der Waals surface area contributed by atoms with Gasteiger partial charge in [-0.1, -0.05) is 188 Å². The van der Waals surface area contributed by atoms with Crippen LogP contribution in [-0.4, -0.2) is 68.5 Å². The van der Waals surface area contributed by atoms with Crippen LogP contribution in [0.4, 0.5) is 0 Å². The Morgan fingerprint density at radius 1 is 0.590 bits per heavy atom. The molecule has 0 aliphatic heterocycles. The van der Waals surface area contributed by atoms with Gasteiger partial charge in [0.05, 0.1) is 39.9 Å². The summed E-state index contributed by atoms with van der Waals surface area (Å²) in [5, 5.41) is 13.7. The van der Waals surface area contributed by atoms with E-state index in [2.05, 4.69) is 104 Å². The number of likely N-dealkylation sites (N-methyl/N-ethyl adjacent to an activating group) is 1. The van der Waals surface area contributed by atoms with E-state index < -0.39 is 26.6 Å². The van der Waals surface area contributed by atoms with E-state index in [0.717, 1.165) is 96.3 Å². The molecule has 0 aromatic heterocycles. The van der Waals surface area contributed by atoms with Crippen LogP contribution in [0.1, 0.15) is 174 Å². The van der Waals surface area contributed by atoms with Crippen molar-refractivity contribution in [2.45, 2.75) is 187 Å². The number of allylic oxidation sites excluding steroid dienone is 15. The number of nitrogens with one attached hydrogen (secondary N) is 1. The van der Waals surface area contributed by atoms with E-state index in [0.29, 0.717) is 17.4 Å². The maximum Gasteiger partial charge on any atom is 0.268 e. The van der Waals surface area contributed by atoms with Crippen LogP contribution in [-0.2, 0) is 18.4 Å². The molecule has 3 atom stereocenters. The first-order valence-electron chi connectivity index (χ1n) is 24.1. The Labute approximate surface area is 375 Å². The topological polar surface area (TPSA) is 108 Å². The highest BCUT2D eigenvalue weighted by Gasteiger charge is 2.23. The summed E-state index contributed by atoms with van der Waals surface area (Å²) in [7, 11) is 1.23. The zero-order valence-electron chi connectivity index (χ0n) is 39.6. The Morgan fingerprint density at radius 3 is 1.46 bits per heavy atom. The second-order valence-electron chi connectivity index (χ2n) is 17.1. The van der Waals surface area contributed by atoms with Crippen LogP contribution in [0.5, 0.6) is 0 Å². The van der Waals surface area contributed by atoms with Gasteiger partial charge in [0.15, 0.2) is 0 Å². The molecule has 0 bridgehead atoms. The number of carbonyl (C=O) groups excluding carboxylic acids is 1. The molecule has 0 spiro atoms. The van der Waals surface area contributed by atoms with Crippen LogP contribution in [0, 0.1) is 0 Å². The summed E-state index contributed by atoms with van der Waals surface area (Å²) in [5.41, 5.74) is 0. The third-order valence-corrected chi connectivity index (χ3v) is 11.0. The fourth-order valence-corrected chi connectivity index (χ4v) is 6.97. The number of unbranched alkanes of at least 4 members (excludes halogenated alkanes) is 15. The summed E-state index contributed by atoms with van der Waals surface area (Å²) < 4.78 is 23.2. The molecule has 0 radical (unpaired) electrons. The number of hydrogen-bond acceptors (Lipinski definition) is 6. The summed E-state index contributed by atoms with van der Waals surface area (Å²) in [6.45, 7) is 4.47. The fourth-order valence-electron chi connectivity index (χ4n) is 6.25. The van der Waals surface area contributed by atoms with Crippen LogP contribution in [0.15, 0.2) is 97.2 Å². The largest absolute Gasteiger partial charge is 0.756 e. The molecule has 61 heavy (non-hydrogen) atoms. The zero-order valence-corrected chi connectivity index (χ0v) is 40.5. The lowest BCUT2D eigenvalue weighted by atomic mass is 10.1. The Bertz CT molecular complexity index is 1310. The molecule has 0 fully saturated rings. The van der Waals surface area contributed by atoms with Crippen molar-refractivity contribution in [3.8, 4) is 0 Å². The van der Waals surface area contributed by atoms with Gasteiger partial charge in [0, 0.05) is 6.42 Å². The minimum absolute atomic E-state index is 0.00879. The molecule has 350 valence electrons. The van der Waals surface area contributed by atoms with Crippen molar-refractivity contribution < 1.29 is 32.9 Å². The Kier molecular flexibility index (Phi) is 40.9. The minimum Gasteiger partial charge on any atom is -0.756 e. The molecule has 0 heterocycles. The van der Waals surface area contributed by atoms with Crippen LogP contribution >= 0.6 is 7.82 Å².